The van der Waals surface area contributed by atoms with Crippen LogP contribution in [0.25, 0.3) is 5.69 Å². The van der Waals surface area contributed by atoms with Crippen LogP contribution in [0.3, 0.4) is 0 Å². The molecule has 0 fully saturated rings. The summed E-state index contributed by atoms with van der Waals surface area (Å²) in [6, 6.07) is 2.49. The third-order valence-corrected chi connectivity index (χ3v) is 3.35. The van der Waals surface area contributed by atoms with Gasteiger partial charge in [0.1, 0.15) is 5.69 Å². The van der Waals surface area contributed by atoms with Gasteiger partial charge in [0, 0.05) is 31.4 Å². The van der Waals surface area contributed by atoms with Crippen molar-refractivity contribution in [2.45, 2.75) is 26.1 Å². The van der Waals surface area contributed by atoms with Gasteiger partial charge in [-0.25, -0.2) is 9.36 Å². The number of halogens is 3. The Hall–Kier alpha value is -2.58. The fourth-order valence-electron chi connectivity index (χ4n) is 2.16. The van der Waals surface area contributed by atoms with Crippen molar-refractivity contribution in [1.29, 1.82) is 0 Å². The highest BCUT2D eigenvalue weighted by molar-refractivity contribution is 5.29. The fraction of sp³-hybridized carbons (Fsp3) is 0.357. The number of hydrogen-bond acceptors (Lipinski definition) is 3. The molecule has 0 aliphatic rings. The lowest BCUT2D eigenvalue weighted by atomic mass is 10.3. The van der Waals surface area contributed by atoms with Gasteiger partial charge in [-0.05, 0) is 19.9 Å². The van der Waals surface area contributed by atoms with Gasteiger partial charge in [0.15, 0.2) is 0 Å². The summed E-state index contributed by atoms with van der Waals surface area (Å²) in [5, 5.41) is 0. The van der Waals surface area contributed by atoms with Crippen molar-refractivity contribution in [2.24, 2.45) is 7.05 Å². The normalized spacial score (nSPS) is 12.0. The molecule has 2 heterocycles. The molecule has 2 rings (SSSR count). The molecule has 0 aromatic carbocycles. The van der Waals surface area contributed by atoms with Crippen molar-refractivity contribution in [3.8, 4) is 5.69 Å². The van der Waals surface area contributed by atoms with E-state index in [4.69, 9.17) is 0 Å². The van der Waals surface area contributed by atoms with Gasteiger partial charge < -0.3 is 4.57 Å². The Bertz CT molecular complexity index is 920. The quantitative estimate of drug-likeness (QED) is 0.834. The Morgan fingerprint density at radius 1 is 1.04 bits per heavy atom. The van der Waals surface area contributed by atoms with E-state index in [2.05, 4.69) is 0 Å². The second kappa shape index (κ2) is 5.56. The SMILES string of the molecule is CC(C)n1cc(-n2c(=O)cc(C(F)(F)F)n(C)c2=O)ccc1=O. The smallest absolute Gasteiger partial charge is 0.311 e. The molecule has 0 radical (unpaired) electrons. The molecule has 0 amide bonds. The number of pyridine rings is 1. The topological polar surface area (TPSA) is 66.0 Å². The summed E-state index contributed by atoms with van der Waals surface area (Å²) in [5.41, 5.74) is -3.91. The maximum absolute atomic E-state index is 12.8. The van der Waals surface area contributed by atoms with Crippen molar-refractivity contribution in [3.05, 3.63) is 61.3 Å². The zero-order chi connectivity index (χ0) is 17.5. The van der Waals surface area contributed by atoms with E-state index in [9.17, 15) is 27.6 Å². The van der Waals surface area contributed by atoms with Gasteiger partial charge in [0.05, 0.1) is 5.69 Å². The summed E-state index contributed by atoms with van der Waals surface area (Å²) in [6.07, 6.45) is -3.55. The second-order valence-corrected chi connectivity index (χ2v) is 5.27. The standard InChI is InChI=1S/C14H14F3N3O3/c1-8(2)19-7-9(4-5-11(19)21)20-12(22)6-10(14(15,16)17)18(3)13(20)23/h4-8H,1-3H3. The van der Waals surface area contributed by atoms with Crippen LogP contribution >= 0.6 is 0 Å². The van der Waals surface area contributed by atoms with Gasteiger partial charge in [-0.1, -0.05) is 0 Å². The molecule has 2 aromatic heterocycles. The largest absolute Gasteiger partial charge is 0.431 e. The molecule has 9 heteroatoms. The monoisotopic (exact) mass is 329 g/mol. The van der Waals surface area contributed by atoms with Gasteiger partial charge >= 0.3 is 11.9 Å². The molecule has 0 bridgehead atoms. The molecule has 0 saturated carbocycles. The Morgan fingerprint density at radius 3 is 2.17 bits per heavy atom. The van der Waals surface area contributed by atoms with E-state index in [1.165, 1.54) is 16.8 Å². The highest BCUT2D eigenvalue weighted by Gasteiger charge is 2.35. The molecule has 0 N–H and O–H groups in total. The molecular formula is C14H14F3N3O3. The van der Waals surface area contributed by atoms with E-state index in [-0.39, 0.29) is 17.3 Å². The van der Waals surface area contributed by atoms with Crippen LogP contribution in [-0.2, 0) is 13.2 Å². The molecule has 0 aliphatic carbocycles. The van der Waals surface area contributed by atoms with Crippen LogP contribution < -0.4 is 16.8 Å². The predicted octanol–water partition coefficient (Wildman–Crippen LogP) is 1.30. The molecule has 23 heavy (non-hydrogen) atoms. The zero-order valence-electron chi connectivity index (χ0n) is 12.6. The summed E-state index contributed by atoms with van der Waals surface area (Å²) >= 11 is 0. The molecule has 0 saturated heterocycles. The average Bonchev–Trinajstić information content (AvgIpc) is 2.43. The number of aromatic nitrogens is 3. The lowest BCUT2D eigenvalue weighted by Gasteiger charge is -2.15. The minimum atomic E-state index is -4.82. The van der Waals surface area contributed by atoms with E-state index in [1.807, 2.05) is 0 Å². The summed E-state index contributed by atoms with van der Waals surface area (Å²) in [6.45, 7) is 3.44. The number of hydrogen-bond donors (Lipinski definition) is 0. The van der Waals surface area contributed by atoms with Crippen molar-refractivity contribution in [3.63, 3.8) is 0 Å². The van der Waals surface area contributed by atoms with E-state index >= 15 is 0 Å². The molecule has 0 aliphatic heterocycles. The van der Waals surface area contributed by atoms with E-state index in [0.29, 0.717) is 15.2 Å². The average molecular weight is 329 g/mol. The Labute approximate surface area is 128 Å². The predicted molar refractivity (Wildman–Crippen MR) is 76.9 cm³/mol. The molecule has 0 spiro atoms. The number of rotatable bonds is 2. The van der Waals surface area contributed by atoms with Gasteiger partial charge in [0.25, 0.3) is 11.1 Å². The van der Waals surface area contributed by atoms with Gasteiger partial charge in [-0.3, -0.25) is 14.2 Å². The van der Waals surface area contributed by atoms with Crippen LogP contribution in [0.4, 0.5) is 13.2 Å². The van der Waals surface area contributed by atoms with Crippen molar-refractivity contribution >= 4 is 0 Å². The van der Waals surface area contributed by atoms with Crippen molar-refractivity contribution < 1.29 is 13.2 Å². The van der Waals surface area contributed by atoms with Gasteiger partial charge in [-0.2, -0.15) is 13.2 Å². The van der Waals surface area contributed by atoms with Gasteiger partial charge in [-0.15, -0.1) is 0 Å². The molecule has 2 aromatic rings. The highest BCUT2D eigenvalue weighted by atomic mass is 19.4. The van der Waals surface area contributed by atoms with Crippen LogP contribution in [-0.4, -0.2) is 13.7 Å². The first-order valence-corrected chi connectivity index (χ1v) is 6.67. The van der Waals surface area contributed by atoms with Crippen molar-refractivity contribution in [2.75, 3.05) is 0 Å². The minimum Gasteiger partial charge on any atom is -0.311 e. The fourth-order valence-corrected chi connectivity index (χ4v) is 2.16. The summed E-state index contributed by atoms with van der Waals surface area (Å²) in [5.74, 6) is 0. The molecule has 124 valence electrons. The third-order valence-electron chi connectivity index (χ3n) is 3.35. The summed E-state index contributed by atoms with van der Waals surface area (Å²) in [7, 11) is 0.930. The second-order valence-electron chi connectivity index (χ2n) is 5.27. The zero-order valence-corrected chi connectivity index (χ0v) is 12.6. The van der Waals surface area contributed by atoms with E-state index in [1.54, 1.807) is 13.8 Å². The number of nitrogens with zero attached hydrogens (tertiary/aromatic N) is 3. The first-order valence-electron chi connectivity index (χ1n) is 6.67. The molecule has 0 atom stereocenters. The van der Waals surface area contributed by atoms with Crippen LogP contribution in [0.2, 0.25) is 0 Å². The van der Waals surface area contributed by atoms with Crippen LogP contribution in [0, 0.1) is 0 Å². The maximum Gasteiger partial charge on any atom is 0.431 e. The summed E-state index contributed by atoms with van der Waals surface area (Å²) in [4.78, 5) is 35.9. The van der Waals surface area contributed by atoms with E-state index < -0.39 is 23.1 Å². The highest BCUT2D eigenvalue weighted by Crippen LogP contribution is 2.26. The van der Waals surface area contributed by atoms with Gasteiger partial charge in [0.2, 0.25) is 0 Å². The summed E-state index contributed by atoms with van der Waals surface area (Å²) < 4.78 is 40.7. The van der Waals surface area contributed by atoms with Crippen LogP contribution in [0.1, 0.15) is 25.6 Å². The van der Waals surface area contributed by atoms with E-state index in [0.717, 1.165) is 13.1 Å². The molecular weight excluding hydrogens is 315 g/mol. The van der Waals surface area contributed by atoms with Crippen LogP contribution in [0.15, 0.2) is 38.8 Å². The number of alkyl halides is 3. The Morgan fingerprint density at radius 2 is 1.65 bits per heavy atom. The van der Waals surface area contributed by atoms with Crippen molar-refractivity contribution in [1.82, 2.24) is 13.7 Å². The first-order chi connectivity index (χ1) is 10.5. The third kappa shape index (κ3) is 2.99. The Kier molecular flexibility index (Phi) is 4.06. The lowest BCUT2D eigenvalue weighted by molar-refractivity contribution is -0.144. The molecule has 0 unspecified atom stereocenters. The minimum absolute atomic E-state index is 0.0256. The lowest BCUT2D eigenvalue weighted by Crippen LogP contribution is -2.41. The molecule has 6 nitrogen and oxygen atoms in total. The van der Waals surface area contributed by atoms with Crippen LogP contribution in [0.5, 0.6) is 0 Å². The Balaban J connectivity index is 2.79. The first kappa shape index (κ1) is 16.8. The maximum atomic E-state index is 12.8.